The Labute approximate surface area is 167 Å². The lowest BCUT2D eigenvalue weighted by Crippen LogP contribution is -2.57. The van der Waals surface area contributed by atoms with Crippen LogP contribution in [0.4, 0.5) is 0 Å². The molecule has 1 N–H and O–H groups in total. The number of hydrogen-bond acceptors (Lipinski definition) is 6. The second kappa shape index (κ2) is 7.14. The number of likely N-dealkylation sites (tertiary alicyclic amines) is 1. The van der Waals surface area contributed by atoms with E-state index in [1.165, 1.54) is 18.4 Å². The maximum absolute atomic E-state index is 13.2. The van der Waals surface area contributed by atoms with E-state index in [4.69, 9.17) is 4.74 Å². The van der Waals surface area contributed by atoms with Gasteiger partial charge in [0.1, 0.15) is 5.54 Å². The van der Waals surface area contributed by atoms with Gasteiger partial charge in [-0.25, -0.2) is 0 Å². The fraction of sp³-hybridized carbons (Fsp3) is 0.381. The molecule has 2 aliphatic heterocycles. The molecule has 1 aromatic carbocycles. The number of thiophene rings is 1. The highest BCUT2D eigenvalue weighted by Crippen LogP contribution is 2.50. The van der Waals surface area contributed by atoms with E-state index >= 15 is 0 Å². The lowest BCUT2D eigenvalue weighted by Gasteiger charge is -2.32. The molecule has 2 aromatic rings. The van der Waals surface area contributed by atoms with Gasteiger partial charge in [-0.05, 0) is 23.9 Å². The lowest BCUT2D eigenvalue weighted by molar-refractivity contribution is -0.156. The molecule has 0 aliphatic carbocycles. The molecule has 2 fully saturated rings. The Kier molecular flexibility index (Phi) is 4.81. The van der Waals surface area contributed by atoms with Crippen LogP contribution in [0.25, 0.3) is 0 Å². The van der Waals surface area contributed by atoms with E-state index in [1.54, 1.807) is 6.92 Å². The Hall–Kier alpha value is -2.51. The first-order valence-electron chi connectivity index (χ1n) is 9.33. The van der Waals surface area contributed by atoms with Crippen LogP contribution in [0.3, 0.4) is 0 Å². The van der Waals surface area contributed by atoms with Crippen molar-refractivity contribution in [1.29, 1.82) is 0 Å². The van der Waals surface area contributed by atoms with Gasteiger partial charge >= 0.3 is 5.97 Å². The molecular weight excluding hydrogens is 376 g/mol. The van der Waals surface area contributed by atoms with Gasteiger partial charge in [-0.15, -0.1) is 11.3 Å². The monoisotopic (exact) mass is 398 g/mol. The van der Waals surface area contributed by atoms with Crippen molar-refractivity contribution in [1.82, 2.24) is 10.2 Å². The normalized spacial score (nSPS) is 29.2. The van der Waals surface area contributed by atoms with E-state index < -0.39 is 29.4 Å². The van der Waals surface area contributed by atoms with Gasteiger partial charge in [-0.3, -0.25) is 24.6 Å². The van der Waals surface area contributed by atoms with Gasteiger partial charge in [0.15, 0.2) is 0 Å². The van der Waals surface area contributed by atoms with Crippen LogP contribution in [0.1, 0.15) is 23.4 Å². The van der Waals surface area contributed by atoms with Gasteiger partial charge in [-0.1, -0.05) is 36.4 Å². The highest BCUT2D eigenvalue weighted by molar-refractivity contribution is 7.10. The third kappa shape index (κ3) is 2.77. The fourth-order valence-electron chi connectivity index (χ4n) is 4.46. The number of fused-ring (bicyclic) bond motifs is 1. The Balaban J connectivity index is 1.85. The Morgan fingerprint density at radius 2 is 1.93 bits per heavy atom. The van der Waals surface area contributed by atoms with E-state index in [0.29, 0.717) is 0 Å². The molecule has 146 valence electrons. The summed E-state index contributed by atoms with van der Waals surface area (Å²) >= 11 is 1.51. The van der Waals surface area contributed by atoms with Crippen molar-refractivity contribution < 1.29 is 19.1 Å². The maximum Gasteiger partial charge on any atom is 0.327 e. The number of rotatable bonds is 5. The molecule has 0 spiro atoms. The Morgan fingerprint density at radius 1 is 1.18 bits per heavy atom. The van der Waals surface area contributed by atoms with Crippen molar-refractivity contribution in [3.05, 3.63) is 58.3 Å². The number of carbonyl (C=O) groups is 3. The van der Waals surface area contributed by atoms with Crippen LogP contribution >= 0.6 is 11.3 Å². The summed E-state index contributed by atoms with van der Waals surface area (Å²) in [5.74, 6) is -2.48. The van der Waals surface area contributed by atoms with Crippen molar-refractivity contribution in [2.75, 3.05) is 13.7 Å². The van der Waals surface area contributed by atoms with Gasteiger partial charge in [0.2, 0.25) is 11.8 Å². The van der Waals surface area contributed by atoms with Crippen LogP contribution < -0.4 is 5.32 Å². The van der Waals surface area contributed by atoms with Crippen LogP contribution in [0, 0.1) is 11.8 Å². The van der Waals surface area contributed by atoms with E-state index in [-0.39, 0.29) is 24.8 Å². The number of nitrogens with zero attached hydrogens (tertiary/aromatic N) is 1. The first kappa shape index (κ1) is 18.8. The molecule has 0 saturated carbocycles. The largest absolute Gasteiger partial charge is 0.465 e. The molecule has 28 heavy (non-hydrogen) atoms. The highest BCUT2D eigenvalue weighted by Gasteiger charge is 2.68. The highest BCUT2D eigenvalue weighted by atomic mass is 32.1. The summed E-state index contributed by atoms with van der Waals surface area (Å²) in [6, 6.07) is 13.0. The van der Waals surface area contributed by atoms with Crippen molar-refractivity contribution in [2.24, 2.45) is 11.8 Å². The minimum atomic E-state index is -1.28. The summed E-state index contributed by atoms with van der Waals surface area (Å²) in [4.78, 5) is 41.4. The van der Waals surface area contributed by atoms with Crippen LogP contribution in [-0.2, 0) is 25.5 Å². The summed E-state index contributed by atoms with van der Waals surface area (Å²) in [5.41, 5.74) is -0.378. The molecule has 6 nitrogen and oxygen atoms in total. The van der Waals surface area contributed by atoms with Gasteiger partial charge in [-0.2, -0.15) is 0 Å². The van der Waals surface area contributed by atoms with Gasteiger partial charge in [0, 0.05) is 18.3 Å². The number of benzene rings is 1. The minimum Gasteiger partial charge on any atom is -0.465 e. The summed E-state index contributed by atoms with van der Waals surface area (Å²) < 4.78 is 5.41. The summed E-state index contributed by atoms with van der Waals surface area (Å²) in [5, 5.41) is 5.32. The van der Waals surface area contributed by atoms with Gasteiger partial charge < -0.3 is 4.74 Å². The van der Waals surface area contributed by atoms with Gasteiger partial charge in [0.05, 0.1) is 24.5 Å². The molecule has 4 rings (SSSR count). The van der Waals surface area contributed by atoms with Crippen molar-refractivity contribution in [3.8, 4) is 0 Å². The van der Waals surface area contributed by atoms with E-state index in [0.717, 1.165) is 15.3 Å². The van der Waals surface area contributed by atoms with Crippen molar-refractivity contribution in [2.45, 2.75) is 24.9 Å². The van der Waals surface area contributed by atoms with Crippen LogP contribution in [0.2, 0.25) is 0 Å². The molecule has 2 saturated heterocycles. The average Bonchev–Trinajstić information content (AvgIpc) is 3.38. The van der Waals surface area contributed by atoms with E-state index in [2.05, 4.69) is 5.32 Å². The molecular formula is C21H22N2O4S. The maximum atomic E-state index is 13.2. The molecule has 2 amide bonds. The summed E-state index contributed by atoms with van der Waals surface area (Å²) in [7, 11) is 1.49. The lowest BCUT2D eigenvalue weighted by atomic mass is 9.76. The third-order valence-corrected chi connectivity index (χ3v) is 6.65. The standard InChI is InChI=1S/C21H22N2O4S/c1-3-27-20(26)21(12-13-8-5-4-6-9-13)16-15(18(24)23(2)19(16)25)17(22-21)14-10-7-11-28-14/h4-11,15-17,22H,3,12H2,1-2H3/t15-,16-,17-,21+/m0/s1. The average molecular weight is 398 g/mol. The molecule has 4 atom stereocenters. The fourth-order valence-corrected chi connectivity index (χ4v) is 5.28. The summed E-state index contributed by atoms with van der Waals surface area (Å²) in [6.45, 7) is 1.95. The molecule has 0 unspecified atom stereocenters. The molecule has 1 aromatic heterocycles. The number of carbonyl (C=O) groups excluding carboxylic acids is 3. The number of ether oxygens (including phenoxy) is 1. The third-order valence-electron chi connectivity index (χ3n) is 5.69. The van der Waals surface area contributed by atoms with Crippen LogP contribution in [-0.4, -0.2) is 41.9 Å². The number of imide groups is 1. The molecule has 2 aliphatic rings. The van der Waals surface area contributed by atoms with Crippen LogP contribution in [0.15, 0.2) is 47.8 Å². The van der Waals surface area contributed by atoms with E-state index in [1.807, 2.05) is 47.8 Å². The molecule has 0 bridgehead atoms. The second-order valence-corrected chi connectivity index (χ2v) is 8.21. The topological polar surface area (TPSA) is 75.7 Å². The summed E-state index contributed by atoms with van der Waals surface area (Å²) in [6.07, 6.45) is 0.280. The van der Waals surface area contributed by atoms with Crippen molar-refractivity contribution in [3.63, 3.8) is 0 Å². The number of nitrogens with one attached hydrogen (secondary N) is 1. The zero-order chi connectivity index (χ0) is 19.9. The SMILES string of the molecule is CCOC(=O)[C@]1(Cc2ccccc2)N[C@@H](c2cccs2)[C@H]2C(=O)N(C)C(=O)[C@H]21. The Bertz CT molecular complexity index is 898. The van der Waals surface area contributed by atoms with Gasteiger partial charge in [0.25, 0.3) is 0 Å². The quantitative estimate of drug-likeness (QED) is 0.617. The first-order chi connectivity index (χ1) is 13.5. The zero-order valence-corrected chi connectivity index (χ0v) is 16.6. The van der Waals surface area contributed by atoms with E-state index in [9.17, 15) is 14.4 Å². The molecule has 7 heteroatoms. The number of amides is 2. The molecule has 0 radical (unpaired) electrons. The Morgan fingerprint density at radius 3 is 2.57 bits per heavy atom. The predicted octanol–water partition coefficient (Wildman–Crippen LogP) is 2.17. The smallest absolute Gasteiger partial charge is 0.327 e. The van der Waals surface area contributed by atoms with Crippen LogP contribution in [0.5, 0.6) is 0 Å². The zero-order valence-electron chi connectivity index (χ0n) is 15.8. The molecule has 3 heterocycles. The first-order valence-corrected chi connectivity index (χ1v) is 10.2. The number of hydrogen-bond donors (Lipinski definition) is 1. The predicted molar refractivity (Wildman–Crippen MR) is 104 cm³/mol. The number of esters is 1. The minimum absolute atomic E-state index is 0.204. The van der Waals surface area contributed by atoms with Crippen molar-refractivity contribution >= 4 is 29.1 Å². The second-order valence-electron chi connectivity index (χ2n) is 7.23.